The zero-order valence-electron chi connectivity index (χ0n) is 9.68. The van der Waals surface area contributed by atoms with Crippen LogP contribution in [0.1, 0.15) is 0 Å². The third-order valence-electron chi connectivity index (χ3n) is 2.68. The Bertz CT molecular complexity index is 713. The largest absolute Gasteiger partial charge is 0.392 e. The number of rotatable bonds is 1. The van der Waals surface area contributed by atoms with Gasteiger partial charge in [-0.25, -0.2) is 14.6 Å². The van der Waals surface area contributed by atoms with Gasteiger partial charge in [0.1, 0.15) is 17.8 Å². The van der Waals surface area contributed by atoms with E-state index in [0.29, 0.717) is 22.8 Å². The monoisotopic (exact) mass is 238 g/mol. The molecule has 2 aromatic heterocycles. The molecule has 0 radical (unpaired) electrons. The van der Waals surface area contributed by atoms with Crippen LogP contribution in [0, 0.1) is 12.1 Å². The number of fused-ring (bicyclic) bond motifs is 1. The van der Waals surface area contributed by atoms with E-state index >= 15 is 0 Å². The molecule has 0 aliphatic rings. The van der Waals surface area contributed by atoms with E-state index in [1.807, 2.05) is 6.07 Å². The van der Waals surface area contributed by atoms with Crippen LogP contribution in [0.5, 0.6) is 0 Å². The second-order valence-corrected chi connectivity index (χ2v) is 3.88. The summed E-state index contributed by atoms with van der Waals surface area (Å²) in [5.41, 5.74) is 14.1. The SMILES string of the molecule is Cn1nc(-c2c#cc(N)cc2)c2c(N)ncnc21. The molecule has 88 valence electrons. The standard InChI is InChI=1S/C12H10N6/c1-18-12-9(11(14)15-6-16-12)10(17-18)7-2-4-8(13)5-3-7/h2,4,6H,13H2,1H3,(H2,14,15,16). The molecule has 6 heteroatoms. The summed E-state index contributed by atoms with van der Waals surface area (Å²) in [5.74, 6) is 0.397. The zero-order chi connectivity index (χ0) is 12.7. The molecule has 0 unspecified atom stereocenters. The Balaban J connectivity index is 2.32. The number of aromatic nitrogens is 4. The van der Waals surface area contributed by atoms with Crippen LogP contribution in [0.25, 0.3) is 22.3 Å². The Labute approximate surface area is 103 Å². The van der Waals surface area contributed by atoms with Crippen molar-refractivity contribution in [2.45, 2.75) is 0 Å². The van der Waals surface area contributed by atoms with Gasteiger partial charge in [0.25, 0.3) is 0 Å². The van der Waals surface area contributed by atoms with E-state index in [2.05, 4.69) is 27.2 Å². The molecule has 0 saturated heterocycles. The van der Waals surface area contributed by atoms with Crippen LogP contribution < -0.4 is 11.5 Å². The Morgan fingerprint density at radius 3 is 2.72 bits per heavy atom. The highest BCUT2D eigenvalue weighted by molar-refractivity contribution is 5.97. The third kappa shape index (κ3) is 1.42. The molecule has 3 rings (SSSR count). The first-order valence-electron chi connectivity index (χ1n) is 5.30. The van der Waals surface area contributed by atoms with Crippen molar-refractivity contribution in [3.05, 3.63) is 30.6 Å². The van der Waals surface area contributed by atoms with Crippen molar-refractivity contribution in [1.82, 2.24) is 19.7 Å². The molecule has 3 aromatic rings. The highest BCUT2D eigenvalue weighted by Crippen LogP contribution is 2.28. The summed E-state index contributed by atoms with van der Waals surface area (Å²) < 4.78 is 1.66. The lowest BCUT2D eigenvalue weighted by molar-refractivity contribution is 0.789. The van der Waals surface area contributed by atoms with Gasteiger partial charge < -0.3 is 11.5 Å². The van der Waals surface area contributed by atoms with Crippen molar-refractivity contribution in [3.63, 3.8) is 0 Å². The first-order chi connectivity index (χ1) is 8.66. The third-order valence-corrected chi connectivity index (χ3v) is 2.68. The van der Waals surface area contributed by atoms with Gasteiger partial charge in [-0.1, -0.05) is 6.07 Å². The van der Waals surface area contributed by atoms with Crippen molar-refractivity contribution in [2.24, 2.45) is 7.05 Å². The maximum Gasteiger partial charge on any atom is 0.163 e. The van der Waals surface area contributed by atoms with E-state index in [0.717, 1.165) is 10.9 Å². The number of hydrogen-bond acceptors (Lipinski definition) is 5. The molecule has 0 aliphatic carbocycles. The van der Waals surface area contributed by atoms with E-state index in [-0.39, 0.29) is 0 Å². The van der Waals surface area contributed by atoms with Crippen molar-refractivity contribution >= 4 is 22.5 Å². The molecule has 0 amide bonds. The smallest absolute Gasteiger partial charge is 0.163 e. The van der Waals surface area contributed by atoms with E-state index in [1.54, 1.807) is 17.8 Å². The molecule has 4 N–H and O–H groups in total. The molecule has 1 aromatic carbocycles. The number of nitrogens with zero attached hydrogens (tertiary/aromatic N) is 4. The van der Waals surface area contributed by atoms with Crippen molar-refractivity contribution in [1.29, 1.82) is 0 Å². The first kappa shape index (κ1) is 10.4. The van der Waals surface area contributed by atoms with E-state index < -0.39 is 0 Å². The van der Waals surface area contributed by atoms with Crippen LogP contribution in [0.15, 0.2) is 18.5 Å². The summed E-state index contributed by atoms with van der Waals surface area (Å²) in [5, 5.41) is 5.11. The molecule has 0 spiro atoms. The minimum atomic E-state index is 0.397. The van der Waals surface area contributed by atoms with Crippen LogP contribution in [0.2, 0.25) is 0 Å². The van der Waals surface area contributed by atoms with Crippen LogP contribution in [0.4, 0.5) is 11.5 Å². The van der Waals surface area contributed by atoms with Gasteiger partial charge in [0.2, 0.25) is 0 Å². The molecule has 0 saturated carbocycles. The number of nitrogens with two attached hydrogens (primary N) is 2. The fraction of sp³-hybridized carbons (Fsp3) is 0.0833. The summed E-state index contributed by atoms with van der Waals surface area (Å²) in [7, 11) is 1.80. The Kier molecular flexibility index (Phi) is 2.07. The Morgan fingerprint density at radius 2 is 2.00 bits per heavy atom. The normalized spacial score (nSPS) is 10.5. The molecule has 2 heterocycles. The molecule has 18 heavy (non-hydrogen) atoms. The van der Waals surface area contributed by atoms with Gasteiger partial charge >= 0.3 is 0 Å². The lowest BCUT2D eigenvalue weighted by Gasteiger charge is -1.97. The van der Waals surface area contributed by atoms with Crippen LogP contribution in [0.3, 0.4) is 0 Å². The summed E-state index contributed by atoms with van der Waals surface area (Å²) in [6.45, 7) is 0. The number of anilines is 2. The molecular formula is C12H10N6. The fourth-order valence-electron chi connectivity index (χ4n) is 1.83. The average Bonchev–Trinajstić information content (AvgIpc) is 2.70. The number of hydrogen-bond donors (Lipinski definition) is 2. The Morgan fingerprint density at radius 1 is 1.17 bits per heavy atom. The fourth-order valence-corrected chi connectivity index (χ4v) is 1.83. The van der Waals surface area contributed by atoms with Gasteiger partial charge in [0, 0.05) is 7.05 Å². The zero-order valence-corrected chi connectivity index (χ0v) is 9.68. The average molecular weight is 238 g/mol. The van der Waals surface area contributed by atoms with E-state index in [4.69, 9.17) is 11.5 Å². The lowest BCUT2D eigenvalue weighted by Crippen LogP contribution is -1.95. The second kappa shape index (κ2) is 3.60. The highest BCUT2D eigenvalue weighted by Gasteiger charge is 2.14. The van der Waals surface area contributed by atoms with Crippen LogP contribution in [-0.2, 0) is 7.05 Å². The highest BCUT2D eigenvalue weighted by atomic mass is 15.3. The first-order valence-corrected chi connectivity index (χ1v) is 5.30. The summed E-state index contributed by atoms with van der Waals surface area (Å²) in [4.78, 5) is 8.15. The predicted molar refractivity (Wildman–Crippen MR) is 68.2 cm³/mol. The van der Waals surface area contributed by atoms with Gasteiger partial charge in [0.15, 0.2) is 5.65 Å². The predicted octanol–water partition coefficient (Wildman–Crippen LogP) is 0.795. The number of aryl methyl sites for hydroxylation is 1. The van der Waals surface area contributed by atoms with Crippen molar-refractivity contribution in [2.75, 3.05) is 11.5 Å². The van der Waals surface area contributed by atoms with Gasteiger partial charge in [-0.15, -0.1) is 0 Å². The molecular weight excluding hydrogens is 228 g/mol. The van der Waals surface area contributed by atoms with Crippen molar-refractivity contribution < 1.29 is 0 Å². The van der Waals surface area contributed by atoms with Crippen molar-refractivity contribution in [3.8, 4) is 11.3 Å². The quantitative estimate of drug-likeness (QED) is 0.653. The molecule has 0 aliphatic heterocycles. The van der Waals surface area contributed by atoms with Gasteiger partial charge in [-0.3, -0.25) is 0 Å². The maximum atomic E-state index is 5.88. The van der Waals surface area contributed by atoms with Gasteiger partial charge in [0.05, 0.1) is 16.6 Å². The van der Waals surface area contributed by atoms with Gasteiger partial charge in [-0.2, -0.15) is 5.10 Å². The molecule has 0 bridgehead atoms. The van der Waals surface area contributed by atoms with Crippen LogP contribution >= 0.6 is 0 Å². The van der Waals surface area contributed by atoms with E-state index in [1.165, 1.54) is 6.33 Å². The maximum absolute atomic E-state index is 5.88. The topological polar surface area (TPSA) is 95.6 Å². The Hall–Kier alpha value is -2.81. The molecule has 6 nitrogen and oxygen atoms in total. The van der Waals surface area contributed by atoms with E-state index in [9.17, 15) is 0 Å². The minimum Gasteiger partial charge on any atom is -0.392 e. The minimum absolute atomic E-state index is 0.397. The molecule has 0 atom stereocenters. The number of nitrogen functional groups attached to an aromatic ring is 2. The lowest BCUT2D eigenvalue weighted by atomic mass is 10.1. The summed E-state index contributed by atoms with van der Waals surface area (Å²) in [6.07, 6.45) is 1.42. The van der Waals surface area contributed by atoms with Crippen LogP contribution in [-0.4, -0.2) is 19.7 Å². The molecule has 0 fully saturated rings. The summed E-state index contributed by atoms with van der Waals surface area (Å²) in [6, 6.07) is 9.32. The summed E-state index contributed by atoms with van der Waals surface area (Å²) >= 11 is 0. The van der Waals surface area contributed by atoms with Gasteiger partial charge in [-0.05, 0) is 18.2 Å². The second-order valence-electron chi connectivity index (χ2n) is 3.88.